The maximum Gasteiger partial charge on any atom is 0.218 e. The van der Waals surface area contributed by atoms with E-state index in [1.54, 1.807) is 0 Å². The van der Waals surface area contributed by atoms with Crippen molar-refractivity contribution in [1.82, 2.24) is 15.0 Å². The zero-order valence-corrected chi connectivity index (χ0v) is 13.1. The number of rotatable bonds is 3. The Kier molecular flexibility index (Phi) is 3.33. The third kappa shape index (κ3) is 2.38. The lowest BCUT2D eigenvalue weighted by molar-refractivity contribution is 0.112. The van der Waals surface area contributed by atoms with E-state index in [9.17, 15) is 0 Å². The van der Waals surface area contributed by atoms with Crippen molar-refractivity contribution in [2.45, 2.75) is 26.1 Å². The van der Waals surface area contributed by atoms with Gasteiger partial charge in [-0.25, -0.2) is 9.67 Å². The van der Waals surface area contributed by atoms with Crippen LogP contribution in [0.15, 0.2) is 59.6 Å². The van der Waals surface area contributed by atoms with Crippen molar-refractivity contribution >= 4 is 16.9 Å². The van der Waals surface area contributed by atoms with Gasteiger partial charge in [-0.3, -0.25) is 0 Å². The van der Waals surface area contributed by atoms with Crippen molar-refractivity contribution in [2.75, 3.05) is 0 Å². The number of ether oxygens (including phenoxy) is 1. The highest BCUT2D eigenvalue weighted by Gasteiger charge is 2.36. The van der Waals surface area contributed by atoms with Gasteiger partial charge in [-0.1, -0.05) is 49.4 Å². The van der Waals surface area contributed by atoms with E-state index in [1.165, 1.54) is 0 Å². The smallest absolute Gasteiger partial charge is 0.218 e. The average molecular weight is 306 g/mol. The Bertz CT molecular complexity index is 854. The van der Waals surface area contributed by atoms with Gasteiger partial charge in [0.15, 0.2) is 6.17 Å². The van der Waals surface area contributed by atoms with E-state index < -0.39 is 0 Å². The molecule has 116 valence electrons. The van der Waals surface area contributed by atoms with Crippen molar-refractivity contribution in [3.05, 3.63) is 60.2 Å². The Morgan fingerprint density at radius 2 is 1.74 bits per heavy atom. The Balaban J connectivity index is 1.79. The zero-order valence-electron chi connectivity index (χ0n) is 13.1. The lowest BCUT2D eigenvalue weighted by Crippen LogP contribution is -2.27. The predicted molar refractivity (Wildman–Crippen MR) is 89.3 cm³/mol. The molecule has 2 atom stereocenters. The predicted octanol–water partition coefficient (Wildman–Crippen LogP) is 3.43. The van der Waals surface area contributed by atoms with Gasteiger partial charge in [-0.2, -0.15) is 0 Å². The molecular formula is C18H18N4O. The Morgan fingerprint density at radius 3 is 2.52 bits per heavy atom. The summed E-state index contributed by atoms with van der Waals surface area (Å²) in [4.78, 5) is 4.81. The van der Waals surface area contributed by atoms with E-state index in [1.807, 2.05) is 59.3 Å². The summed E-state index contributed by atoms with van der Waals surface area (Å²) in [6.45, 7) is 4.28. The van der Waals surface area contributed by atoms with Crippen LogP contribution >= 0.6 is 0 Å². The maximum absolute atomic E-state index is 6.16. The minimum Gasteiger partial charge on any atom is -0.469 e. The fourth-order valence-corrected chi connectivity index (χ4v) is 2.89. The summed E-state index contributed by atoms with van der Waals surface area (Å²) in [6.07, 6.45) is -0.257. The number of nitrogens with zero attached hydrogens (tertiary/aromatic N) is 4. The van der Waals surface area contributed by atoms with Crippen molar-refractivity contribution in [3.8, 4) is 0 Å². The van der Waals surface area contributed by atoms with Crippen LogP contribution in [0.25, 0.3) is 11.0 Å². The summed E-state index contributed by atoms with van der Waals surface area (Å²) in [5.41, 5.74) is 2.84. The van der Waals surface area contributed by atoms with Crippen LogP contribution in [-0.2, 0) is 4.74 Å². The molecule has 5 heteroatoms. The van der Waals surface area contributed by atoms with Crippen molar-refractivity contribution < 1.29 is 4.74 Å². The molecule has 2 heterocycles. The number of benzene rings is 2. The fourth-order valence-electron chi connectivity index (χ4n) is 2.89. The molecule has 0 N–H and O–H groups in total. The molecule has 3 aromatic rings. The monoisotopic (exact) mass is 306 g/mol. The minimum absolute atomic E-state index is 0.0599. The first-order chi connectivity index (χ1) is 11.2. The Morgan fingerprint density at radius 1 is 1.00 bits per heavy atom. The van der Waals surface area contributed by atoms with Gasteiger partial charge in [0.05, 0.1) is 5.52 Å². The molecular weight excluding hydrogens is 288 g/mol. The molecule has 0 saturated heterocycles. The molecule has 0 spiro atoms. The summed E-state index contributed by atoms with van der Waals surface area (Å²) >= 11 is 0. The highest BCUT2D eigenvalue weighted by molar-refractivity contribution is 5.95. The zero-order chi connectivity index (χ0) is 15.8. The third-order valence-corrected chi connectivity index (χ3v) is 4.10. The number of hydrogen-bond acceptors (Lipinski definition) is 4. The molecule has 0 fully saturated rings. The second-order valence-electron chi connectivity index (χ2n) is 6.06. The van der Waals surface area contributed by atoms with Crippen LogP contribution in [0.5, 0.6) is 0 Å². The number of hydrogen-bond donors (Lipinski definition) is 0. The van der Waals surface area contributed by atoms with Gasteiger partial charge in [0.1, 0.15) is 11.6 Å². The molecule has 1 aliphatic heterocycles. The number of para-hydroxylation sites is 1. The Hall–Kier alpha value is -2.69. The van der Waals surface area contributed by atoms with Crippen LogP contribution in [0.4, 0.5) is 0 Å². The van der Waals surface area contributed by atoms with E-state index in [0.29, 0.717) is 11.8 Å². The molecule has 4 rings (SSSR count). The second kappa shape index (κ2) is 5.50. The van der Waals surface area contributed by atoms with Crippen LogP contribution in [0.2, 0.25) is 0 Å². The molecule has 0 bridgehead atoms. The average Bonchev–Trinajstić information content (AvgIpc) is 3.19. The van der Waals surface area contributed by atoms with E-state index >= 15 is 0 Å². The van der Waals surface area contributed by atoms with Crippen LogP contribution in [-0.4, -0.2) is 27.0 Å². The molecule has 0 amide bonds. The topological polar surface area (TPSA) is 52.3 Å². The van der Waals surface area contributed by atoms with Crippen molar-refractivity contribution in [1.29, 1.82) is 0 Å². The van der Waals surface area contributed by atoms with Gasteiger partial charge in [0.25, 0.3) is 0 Å². The highest BCUT2D eigenvalue weighted by Crippen LogP contribution is 2.32. The number of aromatic nitrogens is 3. The second-order valence-corrected chi connectivity index (χ2v) is 6.06. The molecule has 0 aliphatic carbocycles. The lowest BCUT2D eigenvalue weighted by Gasteiger charge is -2.21. The van der Waals surface area contributed by atoms with Crippen molar-refractivity contribution in [2.24, 2.45) is 10.9 Å². The SMILES string of the molecule is CC(C)C1OC(c2ccccc2)=NC1n1nnc2ccccc21. The summed E-state index contributed by atoms with van der Waals surface area (Å²) in [7, 11) is 0. The summed E-state index contributed by atoms with van der Waals surface area (Å²) in [5, 5.41) is 8.56. The minimum atomic E-state index is -0.197. The van der Waals surface area contributed by atoms with Gasteiger partial charge in [0, 0.05) is 5.56 Å². The Labute approximate surface area is 134 Å². The van der Waals surface area contributed by atoms with Crippen LogP contribution in [0.1, 0.15) is 25.6 Å². The third-order valence-electron chi connectivity index (χ3n) is 4.10. The fraction of sp³-hybridized carbons (Fsp3) is 0.278. The summed E-state index contributed by atoms with van der Waals surface area (Å²) < 4.78 is 8.03. The molecule has 1 aliphatic rings. The quantitative estimate of drug-likeness (QED) is 0.745. The van der Waals surface area contributed by atoms with E-state index in [0.717, 1.165) is 16.6 Å². The van der Waals surface area contributed by atoms with Crippen LogP contribution < -0.4 is 0 Å². The normalized spacial score (nSPS) is 20.7. The molecule has 5 nitrogen and oxygen atoms in total. The van der Waals surface area contributed by atoms with Gasteiger partial charge in [-0.15, -0.1) is 5.10 Å². The number of aliphatic imine (C=N–C) groups is 1. The molecule has 1 aromatic heterocycles. The standard InChI is InChI=1S/C18H18N4O/c1-12(2)16-17(19-18(23-16)13-8-4-3-5-9-13)22-15-11-7-6-10-14(15)20-21-22/h3-12,16-17H,1-2H3. The van der Waals surface area contributed by atoms with E-state index in [-0.39, 0.29) is 12.3 Å². The van der Waals surface area contributed by atoms with E-state index in [4.69, 9.17) is 9.73 Å². The summed E-state index contributed by atoms with van der Waals surface area (Å²) in [6, 6.07) is 17.9. The van der Waals surface area contributed by atoms with Crippen molar-refractivity contribution in [3.63, 3.8) is 0 Å². The van der Waals surface area contributed by atoms with Gasteiger partial charge in [-0.05, 0) is 30.2 Å². The van der Waals surface area contributed by atoms with Gasteiger partial charge < -0.3 is 4.74 Å². The van der Waals surface area contributed by atoms with E-state index in [2.05, 4.69) is 24.2 Å². The largest absolute Gasteiger partial charge is 0.469 e. The molecule has 0 saturated carbocycles. The lowest BCUT2D eigenvalue weighted by atomic mass is 10.1. The maximum atomic E-state index is 6.16. The summed E-state index contributed by atoms with van der Waals surface area (Å²) in [5.74, 6) is 0.988. The van der Waals surface area contributed by atoms with Gasteiger partial charge >= 0.3 is 0 Å². The first-order valence-electron chi connectivity index (χ1n) is 7.84. The molecule has 2 unspecified atom stereocenters. The molecule has 23 heavy (non-hydrogen) atoms. The number of fused-ring (bicyclic) bond motifs is 1. The van der Waals surface area contributed by atoms with Crippen LogP contribution in [0, 0.1) is 5.92 Å². The van der Waals surface area contributed by atoms with Crippen LogP contribution in [0.3, 0.4) is 0 Å². The first kappa shape index (κ1) is 13.9. The first-order valence-corrected chi connectivity index (χ1v) is 7.84. The molecule has 2 aromatic carbocycles. The highest BCUT2D eigenvalue weighted by atomic mass is 16.5. The van der Waals surface area contributed by atoms with Gasteiger partial charge in [0.2, 0.25) is 5.90 Å². The molecule has 0 radical (unpaired) electrons.